The summed E-state index contributed by atoms with van der Waals surface area (Å²) in [5.41, 5.74) is 2.74. The van der Waals surface area contributed by atoms with Crippen LogP contribution in [0.4, 0.5) is 5.95 Å². The molecule has 0 aliphatic carbocycles. The molecular formula is C18H17ClN4O2S. The zero-order valence-electron chi connectivity index (χ0n) is 13.8. The fraction of sp³-hybridized carbons (Fsp3) is 0.111. The third-order valence-corrected chi connectivity index (χ3v) is 4.93. The summed E-state index contributed by atoms with van der Waals surface area (Å²) in [6.45, 7) is 0.610. The van der Waals surface area contributed by atoms with Crippen molar-refractivity contribution in [3.8, 4) is 11.3 Å². The molecule has 0 saturated heterocycles. The van der Waals surface area contributed by atoms with Gasteiger partial charge in [0.2, 0.25) is 16.0 Å². The van der Waals surface area contributed by atoms with Crippen molar-refractivity contribution in [2.75, 3.05) is 11.9 Å². The molecule has 0 radical (unpaired) electrons. The predicted octanol–water partition coefficient (Wildman–Crippen LogP) is 3.10. The second kappa shape index (κ2) is 7.82. The van der Waals surface area contributed by atoms with Crippen LogP contribution < -0.4 is 10.5 Å². The SMILES string of the molecule is NS(=O)(=O)c1ccc(CCNc2nccc(-c3ccc(Cl)cc3)n2)cc1. The molecule has 0 fully saturated rings. The van der Waals surface area contributed by atoms with Gasteiger partial charge in [0.25, 0.3) is 0 Å². The maximum atomic E-state index is 11.3. The fourth-order valence-electron chi connectivity index (χ4n) is 2.39. The molecule has 3 N–H and O–H groups in total. The van der Waals surface area contributed by atoms with Crippen LogP contribution in [0.1, 0.15) is 5.56 Å². The molecule has 26 heavy (non-hydrogen) atoms. The van der Waals surface area contributed by atoms with Gasteiger partial charge in [-0.25, -0.2) is 23.5 Å². The van der Waals surface area contributed by atoms with Gasteiger partial charge >= 0.3 is 0 Å². The van der Waals surface area contributed by atoms with E-state index in [1.165, 1.54) is 12.1 Å². The number of nitrogens with two attached hydrogens (primary N) is 1. The lowest BCUT2D eigenvalue weighted by Gasteiger charge is -2.07. The number of rotatable bonds is 6. The number of primary sulfonamides is 1. The molecule has 1 heterocycles. The van der Waals surface area contributed by atoms with E-state index in [4.69, 9.17) is 16.7 Å². The van der Waals surface area contributed by atoms with E-state index in [9.17, 15) is 8.42 Å². The monoisotopic (exact) mass is 388 g/mol. The molecule has 3 aromatic rings. The van der Waals surface area contributed by atoms with Gasteiger partial charge in [-0.1, -0.05) is 35.9 Å². The Labute approximate surface area is 157 Å². The van der Waals surface area contributed by atoms with Gasteiger partial charge in [-0.2, -0.15) is 0 Å². The number of sulfonamides is 1. The number of hydrogen-bond donors (Lipinski definition) is 2. The van der Waals surface area contributed by atoms with E-state index in [1.54, 1.807) is 18.3 Å². The molecule has 0 unspecified atom stereocenters. The largest absolute Gasteiger partial charge is 0.354 e. The van der Waals surface area contributed by atoms with Crippen molar-refractivity contribution in [3.63, 3.8) is 0 Å². The van der Waals surface area contributed by atoms with Gasteiger partial charge in [0.1, 0.15) is 0 Å². The molecule has 2 aromatic carbocycles. The highest BCUT2D eigenvalue weighted by Crippen LogP contribution is 2.20. The van der Waals surface area contributed by atoms with Crippen LogP contribution in [-0.2, 0) is 16.4 Å². The van der Waals surface area contributed by atoms with Gasteiger partial charge in [-0.15, -0.1) is 0 Å². The first-order valence-electron chi connectivity index (χ1n) is 7.86. The Morgan fingerprint density at radius 1 is 1.00 bits per heavy atom. The van der Waals surface area contributed by atoms with E-state index in [-0.39, 0.29) is 4.90 Å². The molecule has 0 atom stereocenters. The molecule has 0 saturated carbocycles. The van der Waals surface area contributed by atoms with Crippen molar-refractivity contribution in [1.82, 2.24) is 9.97 Å². The van der Waals surface area contributed by atoms with Crippen LogP contribution in [0.2, 0.25) is 5.02 Å². The van der Waals surface area contributed by atoms with Gasteiger partial charge in [0, 0.05) is 23.3 Å². The normalized spacial score (nSPS) is 11.3. The smallest absolute Gasteiger partial charge is 0.238 e. The number of benzene rings is 2. The zero-order chi connectivity index (χ0) is 18.6. The summed E-state index contributed by atoms with van der Waals surface area (Å²) >= 11 is 5.91. The summed E-state index contributed by atoms with van der Waals surface area (Å²) in [6, 6.07) is 15.8. The molecule has 6 nitrogen and oxygen atoms in total. The molecule has 0 spiro atoms. The zero-order valence-corrected chi connectivity index (χ0v) is 15.3. The maximum absolute atomic E-state index is 11.3. The minimum absolute atomic E-state index is 0.105. The van der Waals surface area contributed by atoms with Crippen LogP contribution in [0.15, 0.2) is 65.7 Å². The molecule has 0 aliphatic rings. The Balaban J connectivity index is 1.61. The van der Waals surface area contributed by atoms with E-state index in [1.807, 2.05) is 30.3 Å². The molecule has 3 rings (SSSR count). The third-order valence-electron chi connectivity index (χ3n) is 3.74. The highest BCUT2D eigenvalue weighted by Gasteiger charge is 2.07. The van der Waals surface area contributed by atoms with E-state index >= 15 is 0 Å². The molecule has 0 bridgehead atoms. The Morgan fingerprint density at radius 3 is 2.35 bits per heavy atom. The first kappa shape index (κ1) is 18.3. The van der Waals surface area contributed by atoms with Gasteiger partial charge in [-0.3, -0.25) is 0 Å². The van der Waals surface area contributed by atoms with Crippen molar-refractivity contribution in [2.45, 2.75) is 11.3 Å². The Bertz CT molecular complexity index is 990. The summed E-state index contributed by atoms with van der Waals surface area (Å²) in [6.07, 6.45) is 2.39. The molecule has 8 heteroatoms. The highest BCUT2D eigenvalue weighted by atomic mass is 35.5. The first-order chi connectivity index (χ1) is 12.4. The molecule has 134 valence electrons. The average Bonchev–Trinajstić information content (AvgIpc) is 2.62. The van der Waals surface area contributed by atoms with Crippen molar-refractivity contribution in [1.29, 1.82) is 0 Å². The van der Waals surface area contributed by atoms with Gasteiger partial charge in [0.15, 0.2) is 0 Å². The van der Waals surface area contributed by atoms with E-state index in [0.717, 1.165) is 16.8 Å². The average molecular weight is 389 g/mol. The lowest BCUT2D eigenvalue weighted by molar-refractivity contribution is 0.598. The van der Waals surface area contributed by atoms with Crippen molar-refractivity contribution < 1.29 is 8.42 Å². The second-order valence-electron chi connectivity index (χ2n) is 5.64. The number of halogens is 1. The minimum Gasteiger partial charge on any atom is -0.354 e. The topological polar surface area (TPSA) is 98.0 Å². The predicted molar refractivity (Wildman–Crippen MR) is 102 cm³/mol. The lowest BCUT2D eigenvalue weighted by atomic mass is 10.1. The maximum Gasteiger partial charge on any atom is 0.238 e. The van der Waals surface area contributed by atoms with Crippen LogP contribution in [0.25, 0.3) is 11.3 Å². The van der Waals surface area contributed by atoms with E-state index < -0.39 is 10.0 Å². The fourth-order valence-corrected chi connectivity index (χ4v) is 3.03. The number of hydrogen-bond acceptors (Lipinski definition) is 5. The van der Waals surface area contributed by atoms with Crippen molar-refractivity contribution in [3.05, 3.63) is 71.4 Å². The summed E-state index contributed by atoms with van der Waals surface area (Å²) in [5, 5.41) is 8.93. The standard InChI is InChI=1S/C18H17ClN4O2S/c19-15-5-3-14(4-6-15)17-10-12-22-18(23-17)21-11-9-13-1-7-16(8-2-13)26(20,24)25/h1-8,10,12H,9,11H2,(H2,20,24,25)(H,21,22,23). The van der Waals surface area contributed by atoms with Gasteiger partial charge < -0.3 is 5.32 Å². The molecule has 0 amide bonds. The number of nitrogens with zero attached hydrogens (tertiary/aromatic N) is 2. The van der Waals surface area contributed by atoms with E-state index in [0.29, 0.717) is 23.9 Å². The Kier molecular flexibility index (Phi) is 5.51. The van der Waals surface area contributed by atoms with Gasteiger partial charge in [0.05, 0.1) is 10.6 Å². The van der Waals surface area contributed by atoms with Crippen LogP contribution in [-0.4, -0.2) is 24.9 Å². The summed E-state index contributed by atoms with van der Waals surface area (Å²) in [7, 11) is -3.66. The van der Waals surface area contributed by atoms with Crippen LogP contribution in [0.3, 0.4) is 0 Å². The molecular weight excluding hydrogens is 372 g/mol. The summed E-state index contributed by atoms with van der Waals surface area (Å²) in [4.78, 5) is 8.81. The van der Waals surface area contributed by atoms with Crippen molar-refractivity contribution in [2.24, 2.45) is 5.14 Å². The Morgan fingerprint density at radius 2 is 1.69 bits per heavy atom. The van der Waals surface area contributed by atoms with Crippen molar-refractivity contribution >= 4 is 27.6 Å². The number of nitrogens with one attached hydrogen (secondary N) is 1. The number of anilines is 1. The summed E-state index contributed by atoms with van der Waals surface area (Å²) < 4.78 is 22.5. The number of aromatic nitrogens is 2. The van der Waals surface area contributed by atoms with Crippen LogP contribution >= 0.6 is 11.6 Å². The Hall–Kier alpha value is -2.48. The lowest BCUT2D eigenvalue weighted by Crippen LogP contribution is -2.12. The van der Waals surface area contributed by atoms with E-state index in [2.05, 4.69) is 15.3 Å². The quantitative estimate of drug-likeness (QED) is 0.676. The third kappa shape index (κ3) is 4.78. The van der Waals surface area contributed by atoms with Crippen LogP contribution in [0, 0.1) is 0 Å². The molecule has 0 aliphatic heterocycles. The molecule has 1 aromatic heterocycles. The van der Waals surface area contributed by atoms with Crippen LogP contribution in [0.5, 0.6) is 0 Å². The summed E-state index contributed by atoms with van der Waals surface area (Å²) in [5.74, 6) is 0.526. The first-order valence-corrected chi connectivity index (χ1v) is 9.79. The minimum atomic E-state index is -3.66. The highest BCUT2D eigenvalue weighted by molar-refractivity contribution is 7.89. The second-order valence-corrected chi connectivity index (χ2v) is 7.64. The van der Waals surface area contributed by atoms with Gasteiger partial charge in [-0.05, 0) is 42.3 Å².